The van der Waals surface area contributed by atoms with Gasteiger partial charge in [0.15, 0.2) is 0 Å². The largest absolute Gasteiger partial charge is 0.303 e. The van der Waals surface area contributed by atoms with Crippen molar-refractivity contribution in [1.82, 2.24) is 25.1 Å². The predicted molar refractivity (Wildman–Crippen MR) is 63.6 cm³/mol. The zero-order valence-electron chi connectivity index (χ0n) is 10.7. The summed E-state index contributed by atoms with van der Waals surface area (Å²) in [7, 11) is 5.97. The maximum atomic E-state index is 5.63. The van der Waals surface area contributed by atoms with Gasteiger partial charge in [0, 0.05) is 25.0 Å². The fourth-order valence-corrected chi connectivity index (χ4v) is 1.51. The van der Waals surface area contributed by atoms with Crippen LogP contribution in [-0.2, 0) is 13.5 Å². The highest BCUT2D eigenvalue weighted by Gasteiger charge is 2.31. The highest BCUT2D eigenvalue weighted by atomic mass is 15.3. The van der Waals surface area contributed by atoms with E-state index in [-0.39, 0.29) is 11.6 Å². The van der Waals surface area contributed by atoms with Crippen LogP contribution in [0.5, 0.6) is 0 Å². The smallest absolute Gasteiger partial charge is 0.138 e. The Morgan fingerprint density at radius 2 is 2.19 bits per heavy atom. The van der Waals surface area contributed by atoms with Gasteiger partial charge in [-0.1, -0.05) is 0 Å². The van der Waals surface area contributed by atoms with Crippen molar-refractivity contribution in [3.8, 4) is 0 Å². The summed E-state index contributed by atoms with van der Waals surface area (Å²) in [5.41, 5.74) is 2.81. The Balaban J connectivity index is 2.81. The summed E-state index contributed by atoms with van der Waals surface area (Å²) < 4.78 is 1.77. The lowest BCUT2D eigenvalue weighted by atomic mass is 9.91. The van der Waals surface area contributed by atoms with Crippen LogP contribution in [0.1, 0.15) is 19.7 Å². The Bertz CT molecular complexity index is 330. The first-order chi connectivity index (χ1) is 7.39. The molecule has 1 aromatic heterocycles. The van der Waals surface area contributed by atoms with Gasteiger partial charge in [0.25, 0.3) is 0 Å². The van der Waals surface area contributed by atoms with E-state index in [1.807, 2.05) is 21.1 Å². The van der Waals surface area contributed by atoms with Crippen LogP contribution in [0, 0.1) is 0 Å². The number of hydrogen-bond donors (Lipinski definition) is 2. The molecular formula is C10H22N6. The number of aromatic nitrogens is 3. The number of aryl methyl sites for hydroxylation is 1. The molecule has 0 aliphatic heterocycles. The van der Waals surface area contributed by atoms with Crippen molar-refractivity contribution in [1.29, 1.82) is 0 Å². The van der Waals surface area contributed by atoms with E-state index in [1.165, 1.54) is 0 Å². The standard InChI is InChI=1S/C10H22N6/c1-10(2,15(3)4)8(14-11)6-9-12-7-13-16(9)5/h7-8,14H,6,11H2,1-5H3. The second-order valence-electron chi connectivity index (χ2n) is 4.77. The van der Waals surface area contributed by atoms with E-state index in [1.54, 1.807) is 11.0 Å². The average molecular weight is 226 g/mol. The fourth-order valence-electron chi connectivity index (χ4n) is 1.51. The molecule has 0 radical (unpaired) electrons. The van der Waals surface area contributed by atoms with Gasteiger partial charge in [-0.3, -0.25) is 16.0 Å². The Morgan fingerprint density at radius 1 is 1.56 bits per heavy atom. The van der Waals surface area contributed by atoms with Crippen LogP contribution >= 0.6 is 0 Å². The van der Waals surface area contributed by atoms with Gasteiger partial charge in [-0.2, -0.15) is 5.10 Å². The molecule has 6 heteroatoms. The van der Waals surface area contributed by atoms with Crippen molar-refractivity contribution >= 4 is 0 Å². The molecule has 0 bridgehead atoms. The highest BCUT2D eigenvalue weighted by molar-refractivity contribution is 4.98. The minimum Gasteiger partial charge on any atom is -0.303 e. The van der Waals surface area contributed by atoms with Gasteiger partial charge in [-0.25, -0.2) is 4.98 Å². The second-order valence-corrected chi connectivity index (χ2v) is 4.77. The summed E-state index contributed by atoms with van der Waals surface area (Å²) in [6.45, 7) is 4.29. The second kappa shape index (κ2) is 4.90. The van der Waals surface area contributed by atoms with Gasteiger partial charge in [0.2, 0.25) is 0 Å². The lowest BCUT2D eigenvalue weighted by molar-refractivity contribution is 0.135. The van der Waals surface area contributed by atoms with Crippen LogP contribution in [0.15, 0.2) is 6.33 Å². The molecule has 1 aromatic rings. The van der Waals surface area contributed by atoms with E-state index in [9.17, 15) is 0 Å². The lowest BCUT2D eigenvalue weighted by Crippen LogP contribution is -2.58. The first-order valence-electron chi connectivity index (χ1n) is 5.36. The molecule has 1 unspecified atom stereocenters. The van der Waals surface area contributed by atoms with Crippen LogP contribution in [0.2, 0.25) is 0 Å². The summed E-state index contributed by atoms with van der Waals surface area (Å²) in [4.78, 5) is 6.36. The molecule has 0 saturated carbocycles. The summed E-state index contributed by atoms with van der Waals surface area (Å²) in [6.07, 6.45) is 2.31. The van der Waals surface area contributed by atoms with Crippen molar-refractivity contribution in [2.24, 2.45) is 12.9 Å². The first-order valence-corrected chi connectivity index (χ1v) is 5.36. The van der Waals surface area contributed by atoms with Gasteiger partial charge in [0.1, 0.15) is 12.2 Å². The van der Waals surface area contributed by atoms with E-state index in [2.05, 4.69) is 34.3 Å². The highest BCUT2D eigenvalue weighted by Crippen LogP contribution is 2.18. The normalized spacial score (nSPS) is 14.4. The first kappa shape index (κ1) is 13.1. The van der Waals surface area contributed by atoms with E-state index in [0.717, 1.165) is 12.2 Å². The van der Waals surface area contributed by atoms with E-state index >= 15 is 0 Å². The number of nitrogens with two attached hydrogens (primary N) is 1. The number of hydrazine groups is 1. The van der Waals surface area contributed by atoms with Crippen LogP contribution in [-0.4, -0.2) is 45.3 Å². The van der Waals surface area contributed by atoms with Crippen molar-refractivity contribution in [3.05, 3.63) is 12.2 Å². The molecule has 0 spiro atoms. The Labute approximate surface area is 96.8 Å². The summed E-state index contributed by atoms with van der Waals surface area (Å²) in [5.74, 6) is 6.56. The average Bonchev–Trinajstić information content (AvgIpc) is 2.60. The molecule has 1 heterocycles. The van der Waals surface area contributed by atoms with E-state index < -0.39 is 0 Å². The van der Waals surface area contributed by atoms with Gasteiger partial charge in [-0.05, 0) is 27.9 Å². The monoisotopic (exact) mass is 226 g/mol. The number of nitrogens with one attached hydrogen (secondary N) is 1. The maximum Gasteiger partial charge on any atom is 0.138 e. The van der Waals surface area contributed by atoms with Gasteiger partial charge in [0.05, 0.1) is 0 Å². The molecule has 16 heavy (non-hydrogen) atoms. The molecule has 92 valence electrons. The third-order valence-corrected chi connectivity index (χ3v) is 3.40. The Morgan fingerprint density at radius 3 is 2.56 bits per heavy atom. The molecule has 0 amide bonds. The summed E-state index contributed by atoms with van der Waals surface area (Å²) >= 11 is 0. The Hall–Kier alpha value is -0.980. The molecule has 0 aliphatic carbocycles. The van der Waals surface area contributed by atoms with Crippen LogP contribution in [0.25, 0.3) is 0 Å². The number of likely N-dealkylation sites (N-methyl/N-ethyl adjacent to an activating group) is 1. The van der Waals surface area contributed by atoms with Crippen molar-refractivity contribution in [3.63, 3.8) is 0 Å². The third-order valence-electron chi connectivity index (χ3n) is 3.40. The van der Waals surface area contributed by atoms with Gasteiger partial charge in [-0.15, -0.1) is 0 Å². The quantitative estimate of drug-likeness (QED) is 0.524. The van der Waals surface area contributed by atoms with Crippen molar-refractivity contribution in [2.75, 3.05) is 14.1 Å². The molecule has 0 aromatic carbocycles. The third kappa shape index (κ3) is 2.58. The maximum absolute atomic E-state index is 5.63. The summed E-state index contributed by atoms with van der Waals surface area (Å²) in [6, 6.07) is 0.116. The summed E-state index contributed by atoms with van der Waals surface area (Å²) in [5, 5.41) is 4.05. The lowest BCUT2D eigenvalue weighted by Gasteiger charge is -2.39. The zero-order chi connectivity index (χ0) is 12.3. The molecule has 3 N–H and O–H groups in total. The van der Waals surface area contributed by atoms with Crippen LogP contribution in [0.4, 0.5) is 0 Å². The molecule has 6 nitrogen and oxygen atoms in total. The number of hydrogen-bond acceptors (Lipinski definition) is 5. The zero-order valence-corrected chi connectivity index (χ0v) is 10.7. The molecule has 0 saturated heterocycles. The minimum absolute atomic E-state index is 0.0549. The molecular weight excluding hydrogens is 204 g/mol. The topological polar surface area (TPSA) is 72.0 Å². The molecule has 1 atom stereocenters. The molecule has 0 fully saturated rings. The Kier molecular flexibility index (Phi) is 4.01. The van der Waals surface area contributed by atoms with Crippen molar-refractivity contribution in [2.45, 2.75) is 31.8 Å². The van der Waals surface area contributed by atoms with Crippen LogP contribution < -0.4 is 11.3 Å². The SMILES string of the molecule is CN(C)C(C)(C)C(Cc1ncnn1C)NN. The van der Waals surface area contributed by atoms with Crippen molar-refractivity contribution < 1.29 is 0 Å². The fraction of sp³-hybridized carbons (Fsp3) is 0.800. The van der Waals surface area contributed by atoms with Crippen LogP contribution in [0.3, 0.4) is 0 Å². The van der Waals surface area contributed by atoms with E-state index in [4.69, 9.17) is 5.84 Å². The minimum atomic E-state index is -0.0549. The molecule has 1 rings (SSSR count). The predicted octanol–water partition coefficient (Wildman–Crippen LogP) is -0.470. The van der Waals surface area contributed by atoms with E-state index in [0.29, 0.717) is 0 Å². The number of rotatable bonds is 5. The van der Waals surface area contributed by atoms with Gasteiger partial charge >= 0.3 is 0 Å². The van der Waals surface area contributed by atoms with Gasteiger partial charge < -0.3 is 4.90 Å². The molecule has 0 aliphatic rings. The number of nitrogens with zero attached hydrogens (tertiary/aromatic N) is 4.